The largest absolute Gasteiger partial charge is 0.492 e. The number of rotatable bonds is 1. The van der Waals surface area contributed by atoms with Crippen LogP contribution in [0.1, 0.15) is 27.9 Å². The van der Waals surface area contributed by atoms with Crippen LogP contribution in [0.15, 0.2) is 48.0 Å². The fourth-order valence-corrected chi connectivity index (χ4v) is 2.51. The Morgan fingerprint density at radius 1 is 1.19 bits per heavy atom. The smallest absolute Gasteiger partial charge is 0.192 e. The van der Waals surface area contributed by atoms with E-state index < -0.39 is 0 Å². The zero-order chi connectivity index (χ0) is 14.8. The van der Waals surface area contributed by atoms with Crippen LogP contribution in [-0.4, -0.2) is 12.4 Å². The molecular weight excluding hydrogens is 267 g/mol. The second-order valence-corrected chi connectivity index (χ2v) is 5.10. The molecule has 0 bridgehead atoms. The minimum Gasteiger partial charge on any atom is -0.492 e. The maximum atomic E-state index is 13.3. The van der Waals surface area contributed by atoms with Gasteiger partial charge in [-0.25, -0.2) is 4.39 Å². The summed E-state index contributed by atoms with van der Waals surface area (Å²) in [6.45, 7) is 2.37. The van der Waals surface area contributed by atoms with Crippen molar-refractivity contribution in [1.82, 2.24) is 0 Å². The molecule has 2 aromatic rings. The highest BCUT2D eigenvalue weighted by Gasteiger charge is 2.22. The quantitative estimate of drug-likeness (QED) is 0.733. The predicted molar refractivity (Wildman–Crippen MR) is 80.0 cm³/mol. The van der Waals surface area contributed by atoms with E-state index in [9.17, 15) is 9.18 Å². The van der Waals surface area contributed by atoms with Crippen LogP contribution in [0.4, 0.5) is 4.39 Å². The molecule has 1 aliphatic rings. The van der Waals surface area contributed by atoms with E-state index in [2.05, 4.69) is 0 Å². The molecule has 0 amide bonds. The Kier molecular flexibility index (Phi) is 3.57. The van der Waals surface area contributed by atoms with Crippen LogP contribution >= 0.6 is 0 Å². The standard InChI is InChI=1S/C18H15FO2/c1-12-4-2-7-16-17(20)14(8-9-21-18(12)16)10-13-5-3-6-15(19)11-13/h2-7,10-11H,8-9H2,1H3/b14-10-. The number of carbonyl (C=O) groups excluding carboxylic acids is 1. The zero-order valence-corrected chi connectivity index (χ0v) is 11.7. The summed E-state index contributed by atoms with van der Waals surface area (Å²) in [5.41, 5.74) is 2.86. The average molecular weight is 282 g/mol. The highest BCUT2D eigenvalue weighted by molar-refractivity contribution is 6.13. The molecule has 106 valence electrons. The molecule has 0 atom stereocenters. The summed E-state index contributed by atoms with van der Waals surface area (Å²) in [6, 6.07) is 11.8. The second-order valence-electron chi connectivity index (χ2n) is 5.10. The monoisotopic (exact) mass is 282 g/mol. The predicted octanol–water partition coefficient (Wildman–Crippen LogP) is 4.18. The first kappa shape index (κ1) is 13.6. The Morgan fingerprint density at radius 2 is 2.00 bits per heavy atom. The van der Waals surface area contributed by atoms with E-state index in [1.807, 2.05) is 19.1 Å². The van der Waals surface area contributed by atoms with E-state index in [4.69, 9.17) is 4.74 Å². The third-order valence-corrected chi connectivity index (χ3v) is 3.56. The molecule has 0 aromatic heterocycles. The number of para-hydroxylation sites is 1. The molecule has 0 saturated carbocycles. The lowest BCUT2D eigenvalue weighted by atomic mass is 9.98. The third kappa shape index (κ3) is 2.72. The molecule has 21 heavy (non-hydrogen) atoms. The first-order chi connectivity index (χ1) is 10.1. The number of halogens is 1. The van der Waals surface area contributed by atoms with Crippen LogP contribution in [0, 0.1) is 12.7 Å². The van der Waals surface area contributed by atoms with Gasteiger partial charge in [0.05, 0.1) is 12.2 Å². The molecule has 0 fully saturated rings. The molecule has 0 saturated heterocycles. The molecule has 1 aliphatic heterocycles. The van der Waals surface area contributed by atoms with Gasteiger partial charge in [-0.2, -0.15) is 0 Å². The Morgan fingerprint density at radius 3 is 2.81 bits per heavy atom. The Balaban J connectivity index is 2.03. The Labute approximate surface area is 122 Å². The van der Waals surface area contributed by atoms with Gasteiger partial charge in [0, 0.05) is 12.0 Å². The summed E-state index contributed by atoms with van der Waals surface area (Å²) in [7, 11) is 0. The molecule has 1 heterocycles. The van der Waals surface area contributed by atoms with Crippen LogP contribution in [0.3, 0.4) is 0 Å². The van der Waals surface area contributed by atoms with E-state index in [-0.39, 0.29) is 11.6 Å². The van der Waals surface area contributed by atoms with Crippen LogP contribution in [0.2, 0.25) is 0 Å². The SMILES string of the molecule is Cc1cccc2c1OCC/C(=C/c1cccc(F)c1)C2=O. The number of benzene rings is 2. The number of aryl methyl sites for hydroxylation is 1. The van der Waals surface area contributed by atoms with Crippen molar-refractivity contribution < 1.29 is 13.9 Å². The van der Waals surface area contributed by atoms with Crippen molar-refractivity contribution in [2.45, 2.75) is 13.3 Å². The zero-order valence-electron chi connectivity index (χ0n) is 11.7. The lowest BCUT2D eigenvalue weighted by molar-refractivity contribution is 0.103. The lowest BCUT2D eigenvalue weighted by Gasteiger charge is -2.08. The number of carbonyl (C=O) groups is 1. The van der Waals surface area contributed by atoms with Crippen LogP contribution in [0.5, 0.6) is 5.75 Å². The van der Waals surface area contributed by atoms with Crippen molar-refractivity contribution in [3.8, 4) is 5.75 Å². The van der Waals surface area contributed by atoms with Crippen LogP contribution < -0.4 is 4.74 Å². The fraction of sp³-hybridized carbons (Fsp3) is 0.167. The molecule has 0 aliphatic carbocycles. The highest BCUT2D eigenvalue weighted by atomic mass is 19.1. The molecule has 0 spiro atoms. The van der Waals surface area contributed by atoms with E-state index in [0.29, 0.717) is 35.5 Å². The minimum absolute atomic E-state index is 0.0459. The highest BCUT2D eigenvalue weighted by Crippen LogP contribution is 2.30. The number of hydrogen-bond acceptors (Lipinski definition) is 2. The van der Waals surface area contributed by atoms with Crippen LogP contribution in [0.25, 0.3) is 6.08 Å². The molecule has 2 aromatic carbocycles. The number of Topliss-reactive ketones (excluding diaryl/α,β-unsaturated/α-hetero) is 1. The van der Waals surface area contributed by atoms with Gasteiger partial charge >= 0.3 is 0 Å². The Bertz CT molecular complexity index is 732. The summed E-state index contributed by atoms with van der Waals surface area (Å²) < 4.78 is 19.0. The first-order valence-corrected chi connectivity index (χ1v) is 6.88. The molecule has 2 nitrogen and oxygen atoms in total. The fourth-order valence-electron chi connectivity index (χ4n) is 2.51. The topological polar surface area (TPSA) is 26.3 Å². The van der Waals surface area contributed by atoms with Crippen molar-refractivity contribution >= 4 is 11.9 Å². The van der Waals surface area contributed by atoms with Crippen molar-refractivity contribution in [2.75, 3.05) is 6.61 Å². The summed E-state index contributed by atoms with van der Waals surface area (Å²) in [5, 5.41) is 0. The molecule has 3 heteroatoms. The van der Waals surface area contributed by atoms with E-state index in [1.54, 1.807) is 24.3 Å². The van der Waals surface area contributed by atoms with Gasteiger partial charge in [0.25, 0.3) is 0 Å². The van der Waals surface area contributed by atoms with Crippen molar-refractivity contribution in [1.29, 1.82) is 0 Å². The molecular formula is C18H15FO2. The summed E-state index contributed by atoms with van der Waals surface area (Å²) in [4.78, 5) is 12.6. The number of fused-ring (bicyclic) bond motifs is 1. The maximum Gasteiger partial charge on any atom is 0.192 e. The van der Waals surface area contributed by atoms with Gasteiger partial charge in [-0.05, 0) is 42.3 Å². The Hall–Kier alpha value is -2.42. The van der Waals surface area contributed by atoms with Gasteiger partial charge in [0.15, 0.2) is 5.78 Å². The minimum atomic E-state index is -0.307. The number of ketones is 1. The number of ether oxygens (including phenoxy) is 1. The summed E-state index contributed by atoms with van der Waals surface area (Å²) >= 11 is 0. The summed E-state index contributed by atoms with van der Waals surface area (Å²) in [6.07, 6.45) is 2.26. The second kappa shape index (κ2) is 5.52. The van der Waals surface area contributed by atoms with Gasteiger partial charge < -0.3 is 4.74 Å². The van der Waals surface area contributed by atoms with Gasteiger partial charge in [0.2, 0.25) is 0 Å². The van der Waals surface area contributed by atoms with Crippen LogP contribution in [-0.2, 0) is 0 Å². The molecule has 3 rings (SSSR count). The third-order valence-electron chi connectivity index (χ3n) is 3.56. The van der Waals surface area contributed by atoms with Gasteiger partial charge in [-0.15, -0.1) is 0 Å². The van der Waals surface area contributed by atoms with E-state index >= 15 is 0 Å². The van der Waals surface area contributed by atoms with Crippen molar-refractivity contribution in [2.24, 2.45) is 0 Å². The van der Waals surface area contributed by atoms with Crippen molar-refractivity contribution in [3.05, 3.63) is 70.5 Å². The molecule has 0 radical (unpaired) electrons. The van der Waals surface area contributed by atoms with Gasteiger partial charge in [0.1, 0.15) is 11.6 Å². The first-order valence-electron chi connectivity index (χ1n) is 6.88. The van der Waals surface area contributed by atoms with Gasteiger partial charge in [-0.3, -0.25) is 4.79 Å². The molecule has 0 unspecified atom stereocenters. The summed E-state index contributed by atoms with van der Waals surface area (Å²) in [5.74, 6) is 0.304. The van der Waals surface area contributed by atoms with Crippen molar-refractivity contribution in [3.63, 3.8) is 0 Å². The van der Waals surface area contributed by atoms with Gasteiger partial charge in [-0.1, -0.05) is 24.3 Å². The average Bonchev–Trinajstić information content (AvgIpc) is 2.61. The van der Waals surface area contributed by atoms with E-state index in [1.165, 1.54) is 12.1 Å². The molecule has 0 N–H and O–H groups in total. The normalized spacial score (nSPS) is 16.3. The number of hydrogen-bond donors (Lipinski definition) is 0. The lowest BCUT2D eigenvalue weighted by Crippen LogP contribution is -2.02. The maximum absolute atomic E-state index is 13.3. The van der Waals surface area contributed by atoms with E-state index in [0.717, 1.165) is 5.56 Å².